The number of carboxylic acids is 1. The highest BCUT2D eigenvalue weighted by molar-refractivity contribution is 5.79. The molecule has 0 heterocycles. The molecule has 0 saturated heterocycles. The molecule has 82 valence electrons. The van der Waals surface area contributed by atoms with Gasteiger partial charge in [-0.15, -0.1) is 0 Å². The maximum absolute atomic E-state index is 10.7. The van der Waals surface area contributed by atoms with Crippen LogP contribution in [0.5, 0.6) is 0 Å². The standard InChI is InChI=1S/C7H14N2O5/c8-2-1-5(6(11)12)9(3-4-10)7(13)14/h5,10H,1-4,8H2,(H,11,12)(H,13,14). The zero-order valence-electron chi connectivity index (χ0n) is 7.59. The second kappa shape index (κ2) is 6.17. The van der Waals surface area contributed by atoms with Gasteiger partial charge in [-0.25, -0.2) is 9.59 Å². The summed E-state index contributed by atoms with van der Waals surface area (Å²) in [5.74, 6) is -1.26. The van der Waals surface area contributed by atoms with Crippen LogP contribution in [0.1, 0.15) is 6.42 Å². The van der Waals surface area contributed by atoms with Gasteiger partial charge in [-0.3, -0.25) is 4.90 Å². The topological polar surface area (TPSA) is 124 Å². The van der Waals surface area contributed by atoms with E-state index in [1.165, 1.54) is 0 Å². The Morgan fingerprint density at radius 3 is 2.21 bits per heavy atom. The van der Waals surface area contributed by atoms with Crippen LogP contribution in [0.4, 0.5) is 4.79 Å². The Labute approximate surface area is 80.7 Å². The first kappa shape index (κ1) is 12.7. The van der Waals surface area contributed by atoms with Crippen molar-refractivity contribution in [2.75, 3.05) is 19.7 Å². The Morgan fingerprint density at radius 2 is 1.93 bits per heavy atom. The Morgan fingerprint density at radius 1 is 1.36 bits per heavy atom. The van der Waals surface area contributed by atoms with Crippen molar-refractivity contribution in [3.05, 3.63) is 0 Å². The number of aliphatic carboxylic acids is 1. The smallest absolute Gasteiger partial charge is 0.408 e. The molecule has 0 fully saturated rings. The van der Waals surface area contributed by atoms with Crippen molar-refractivity contribution >= 4 is 12.1 Å². The number of aliphatic hydroxyl groups excluding tert-OH is 1. The van der Waals surface area contributed by atoms with Crippen molar-refractivity contribution in [2.45, 2.75) is 12.5 Å². The normalized spacial score (nSPS) is 12.1. The Balaban J connectivity index is 4.54. The number of hydrogen-bond acceptors (Lipinski definition) is 4. The first-order valence-corrected chi connectivity index (χ1v) is 4.07. The summed E-state index contributed by atoms with van der Waals surface area (Å²) in [7, 11) is 0. The fraction of sp³-hybridized carbons (Fsp3) is 0.714. The Kier molecular flexibility index (Phi) is 5.58. The molecule has 14 heavy (non-hydrogen) atoms. The number of carbonyl (C=O) groups is 2. The molecule has 0 aliphatic rings. The van der Waals surface area contributed by atoms with E-state index in [2.05, 4.69) is 0 Å². The molecule has 0 saturated carbocycles. The number of nitrogens with zero attached hydrogens (tertiary/aromatic N) is 1. The number of rotatable bonds is 6. The van der Waals surface area contributed by atoms with Crippen LogP contribution in [0.15, 0.2) is 0 Å². The summed E-state index contributed by atoms with van der Waals surface area (Å²) in [4.78, 5) is 22.0. The molecular weight excluding hydrogens is 192 g/mol. The third-order valence-corrected chi connectivity index (χ3v) is 1.69. The third-order valence-electron chi connectivity index (χ3n) is 1.69. The average molecular weight is 206 g/mol. The highest BCUT2D eigenvalue weighted by Crippen LogP contribution is 2.04. The molecule has 0 spiro atoms. The van der Waals surface area contributed by atoms with E-state index < -0.39 is 24.7 Å². The van der Waals surface area contributed by atoms with Gasteiger partial charge in [0, 0.05) is 6.54 Å². The van der Waals surface area contributed by atoms with Crippen LogP contribution < -0.4 is 5.73 Å². The van der Waals surface area contributed by atoms with Crippen molar-refractivity contribution in [3.8, 4) is 0 Å². The molecule has 0 aromatic heterocycles. The zero-order valence-corrected chi connectivity index (χ0v) is 7.59. The van der Waals surface area contributed by atoms with Gasteiger partial charge in [-0.05, 0) is 13.0 Å². The molecule has 0 rings (SSSR count). The fourth-order valence-corrected chi connectivity index (χ4v) is 1.06. The monoisotopic (exact) mass is 206 g/mol. The molecular formula is C7H14N2O5. The fourth-order valence-electron chi connectivity index (χ4n) is 1.06. The van der Waals surface area contributed by atoms with Crippen LogP contribution in [-0.2, 0) is 4.79 Å². The van der Waals surface area contributed by atoms with Gasteiger partial charge in [0.25, 0.3) is 0 Å². The van der Waals surface area contributed by atoms with Crippen LogP contribution >= 0.6 is 0 Å². The van der Waals surface area contributed by atoms with Crippen molar-refractivity contribution in [3.63, 3.8) is 0 Å². The maximum Gasteiger partial charge on any atom is 0.408 e. The van der Waals surface area contributed by atoms with Crippen molar-refractivity contribution in [2.24, 2.45) is 5.73 Å². The lowest BCUT2D eigenvalue weighted by Crippen LogP contribution is -2.46. The summed E-state index contributed by atoms with van der Waals surface area (Å²) in [6, 6.07) is -1.19. The molecule has 0 aliphatic heterocycles. The molecule has 1 unspecified atom stereocenters. The van der Waals surface area contributed by atoms with E-state index in [1.54, 1.807) is 0 Å². The lowest BCUT2D eigenvalue weighted by molar-refractivity contribution is -0.142. The zero-order chi connectivity index (χ0) is 11.1. The second-order valence-corrected chi connectivity index (χ2v) is 2.63. The van der Waals surface area contributed by atoms with Crippen LogP contribution in [-0.4, -0.2) is 58.0 Å². The van der Waals surface area contributed by atoms with Crippen LogP contribution in [0.2, 0.25) is 0 Å². The number of nitrogens with two attached hydrogens (primary N) is 1. The number of aliphatic hydroxyl groups is 1. The largest absolute Gasteiger partial charge is 0.480 e. The minimum absolute atomic E-state index is 0.0294. The second-order valence-electron chi connectivity index (χ2n) is 2.63. The minimum Gasteiger partial charge on any atom is -0.480 e. The van der Waals surface area contributed by atoms with Crippen LogP contribution in [0.3, 0.4) is 0 Å². The van der Waals surface area contributed by atoms with Gasteiger partial charge in [-0.2, -0.15) is 0 Å². The van der Waals surface area contributed by atoms with Crippen LogP contribution in [0.25, 0.3) is 0 Å². The number of amides is 1. The molecule has 0 aromatic rings. The van der Waals surface area contributed by atoms with Gasteiger partial charge in [0.1, 0.15) is 6.04 Å². The summed E-state index contributed by atoms with van der Waals surface area (Å²) in [5, 5.41) is 25.9. The van der Waals surface area contributed by atoms with E-state index in [1.807, 2.05) is 0 Å². The third kappa shape index (κ3) is 3.58. The van der Waals surface area contributed by atoms with Gasteiger partial charge >= 0.3 is 12.1 Å². The minimum atomic E-state index is -1.38. The van der Waals surface area contributed by atoms with E-state index in [0.29, 0.717) is 4.90 Å². The van der Waals surface area contributed by atoms with E-state index in [9.17, 15) is 9.59 Å². The van der Waals surface area contributed by atoms with Gasteiger partial charge in [-0.1, -0.05) is 0 Å². The summed E-state index contributed by atoms with van der Waals surface area (Å²) < 4.78 is 0. The van der Waals surface area contributed by atoms with Gasteiger partial charge < -0.3 is 21.1 Å². The van der Waals surface area contributed by atoms with Crippen molar-refractivity contribution < 1.29 is 24.9 Å². The van der Waals surface area contributed by atoms with E-state index in [4.69, 9.17) is 21.1 Å². The highest BCUT2D eigenvalue weighted by atomic mass is 16.4. The van der Waals surface area contributed by atoms with E-state index in [0.717, 1.165) is 0 Å². The maximum atomic E-state index is 10.7. The van der Waals surface area contributed by atoms with Gasteiger partial charge in [0.05, 0.1) is 6.61 Å². The molecule has 7 heteroatoms. The first-order chi connectivity index (χ1) is 6.54. The van der Waals surface area contributed by atoms with Crippen molar-refractivity contribution in [1.82, 2.24) is 4.90 Å². The summed E-state index contributed by atoms with van der Waals surface area (Å²) >= 11 is 0. The predicted molar refractivity (Wildman–Crippen MR) is 46.9 cm³/mol. The molecule has 0 radical (unpaired) electrons. The molecule has 7 nitrogen and oxygen atoms in total. The van der Waals surface area contributed by atoms with E-state index in [-0.39, 0.29) is 19.5 Å². The average Bonchev–Trinajstić information content (AvgIpc) is 2.10. The lowest BCUT2D eigenvalue weighted by Gasteiger charge is -2.24. The molecule has 1 atom stereocenters. The SMILES string of the molecule is NCCC(C(=O)O)N(CCO)C(=O)O. The lowest BCUT2D eigenvalue weighted by atomic mass is 10.2. The van der Waals surface area contributed by atoms with Gasteiger partial charge in [0.2, 0.25) is 0 Å². The van der Waals surface area contributed by atoms with Gasteiger partial charge in [0.15, 0.2) is 0 Å². The molecule has 0 aromatic carbocycles. The van der Waals surface area contributed by atoms with Crippen LogP contribution in [0, 0.1) is 0 Å². The van der Waals surface area contributed by atoms with E-state index >= 15 is 0 Å². The Bertz CT molecular complexity index is 186. The molecule has 1 amide bonds. The first-order valence-electron chi connectivity index (χ1n) is 4.07. The summed E-state index contributed by atoms with van der Waals surface area (Å²) in [5.41, 5.74) is 5.16. The summed E-state index contributed by atoms with van der Waals surface area (Å²) in [6.45, 7) is -0.570. The molecule has 5 N–H and O–H groups in total. The molecule has 0 aliphatic carbocycles. The number of carboxylic acid groups (broad SMARTS) is 2. The molecule has 0 bridgehead atoms. The predicted octanol–water partition coefficient (Wildman–Crippen LogP) is -1.24. The Hall–Kier alpha value is -1.34. The number of hydrogen-bond donors (Lipinski definition) is 4. The highest BCUT2D eigenvalue weighted by Gasteiger charge is 2.28. The van der Waals surface area contributed by atoms with Crippen molar-refractivity contribution in [1.29, 1.82) is 0 Å². The quantitative estimate of drug-likeness (QED) is 0.431. The summed E-state index contributed by atoms with van der Waals surface area (Å²) in [6.07, 6.45) is -1.35.